The molecule has 2 aromatic rings. The van der Waals surface area contributed by atoms with Crippen molar-refractivity contribution < 1.29 is 17.9 Å². The van der Waals surface area contributed by atoms with Crippen LogP contribution < -0.4 is 14.8 Å². The number of sulfonamides is 1. The summed E-state index contributed by atoms with van der Waals surface area (Å²) in [6.45, 7) is 1.43. The van der Waals surface area contributed by atoms with Gasteiger partial charge in [-0.3, -0.25) is 4.79 Å². The summed E-state index contributed by atoms with van der Waals surface area (Å²) in [6, 6.07) is 9.38. The summed E-state index contributed by atoms with van der Waals surface area (Å²) in [7, 11) is -2.38. The molecule has 0 saturated heterocycles. The number of carbonyl (C=O) groups is 1. The molecule has 0 bridgehead atoms. The first-order chi connectivity index (χ1) is 11.7. The summed E-state index contributed by atoms with van der Waals surface area (Å²) in [6.07, 6.45) is 0. The van der Waals surface area contributed by atoms with Gasteiger partial charge in [-0.15, -0.1) is 0 Å². The highest BCUT2D eigenvalue weighted by Gasteiger charge is 2.22. The summed E-state index contributed by atoms with van der Waals surface area (Å²) in [4.78, 5) is 12.2. The van der Waals surface area contributed by atoms with E-state index in [9.17, 15) is 13.2 Å². The first-order valence-corrected chi connectivity index (χ1v) is 9.39. The smallest absolute Gasteiger partial charge is 0.242 e. The topological polar surface area (TPSA) is 84.5 Å². The van der Waals surface area contributed by atoms with Crippen molar-refractivity contribution in [3.05, 3.63) is 52.5 Å². The lowest BCUT2D eigenvalue weighted by atomic mass is 10.3. The van der Waals surface area contributed by atoms with Crippen LogP contribution in [0.4, 0.5) is 5.69 Å². The van der Waals surface area contributed by atoms with Crippen molar-refractivity contribution in [3.8, 4) is 5.75 Å². The number of carbonyl (C=O) groups excluding carboxylic acids is 1. The number of rotatable bonds is 6. The molecule has 134 valence electrons. The monoisotopic (exact) mass is 402 g/mol. The van der Waals surface area contributed by atoms with Gasteiger partial charge >= 0.3 is 0 Å². The van der Waals surface area contributed by atoms with Crippen LogP contribution in [-0.4, -0.2) is 27.5 Å². The molecule has 2 aromatic carbocycles. The van der Waals surface area contributed by atoms with E-state index < -0.39 is 22.0 Å². The number of hydrogen-bond acceptors (Lipinski definition) is 4. The van der Waals surface area contributed by atoms with Gasteiger partial charge in [0.05, 0.1) is 28.8 Å². The number of amides is 1. The van der Waals surface area contributed by atoms with Gasteiger partial charge in [0.2, 0.25) is 15.9 Å². The van der Waals surface area contributed by atoms with Gasteiger partial charge in [0, 0.05) is 5.02 Å². The molecule has 6 nitrogen and oxygen atoms in total. The number of halogens is 2. The van der Waals surface area contributed by atoms with Gasteiger partial charge in [-0.25, -0.2) is 8.42 Å². The lowest BCUT2D eigenvalue weighted by Crippen LogP contribution is -2.41. The largest absolute Gasteiger partial charge is 0.497 e. The first-order valence-electron chi connectivity index (χ1n) is 7.15. The molecule has 9 heteroatoms. The highest BCUT2D eigenvalue weighted by molar-refractivity contribution is 7.89. The third-order valence-electron chi connectivity index (χ3n) is 3.28. The van der Waals surface area contributed by atoms with Crippen LogP contribution in [0.25, 0.3) is 0 Å². The first kappa shape index (κ1) is 19.5. The van der Waals surface area contributed by atoms with Crippen molar-refractivity contribution in [2.24, 2.45) is 0 Å². The summed E-state index contributed by atoms with van der Waals surface area (Å²) in [5.74, 6) is -0.0402. The van der Waals surface area contributed by atoms with Crippen molar-refractivity contribution in [3.63, 3.8) is 0 Å². The van der Waals surface area contributed by atoms with Crippen LogP contribution in [0.5, 0.6) is 5.75 Å². The zero-order valence-corrected chi connectivity index (χ0v) is 15.7. The molecular formula is C16H16Cl2N2O4S. The van der Waals surface area contributed by atoms with E-state index in [-0.39, 0.29) is 4.90 Å². The summed E-state index contributed by atoms with van der Waals surface area (Å²) in [5, 5.41) is 3.23. The fraction of sp³-hybridized carbons (Fsp3) is 0.188. The Bertz CT molecular complexity index is 870. The Morgan fingerprint density at radius 1 is 1.12 bits per heavy atom. The summed E-state index contributed by atoms with van der Waals surface area (Å²) >= 11 is 11.8. The zero-order valence-electron chi connectivity index (χ0n) is 13.4. The van der Waals surface area contributed by atoms with E-state index in [4.69, 9.17) is 27.9 Å². The van der Waals surface area contributed by atoms with E-state index in [1.807, 2.05) is 0 Å². The molecule has 2 N–H and O–H groups in total. The Morgan fingerprint density at radius 3 is 2.36 bits per heavy atom. The molecule has 0 spiro atoms. The van der Waals surface area contributed by atoms with Crippen LogP contribution in [-0.2, 0) is 14.8 Å². The van der Waals surface area contributed by atoms with Crippen molar-refractivity contribution in [2.75, 3.05) is 12.4 Å². The van der Waals surface area contributed by atoms with E-state index in [0.717, 1.165) is 0 Å². The van der Waals surface area contributed by atoms with Crippen molar-refractivity contribution in [2.45, 2.75) is 17.9 Å². The second-order valence-corrected chi connectivity index (χ2v) is 7.69. The minimum atomic E-state index is -3.87. The normalized spacial score (nSPS) is 12.5. The maximum Gasteiger partial charge on any atom is 0.242 e. The zero-order chi connectivity index (χ0) is 18.6. The Morgan fingerprint density at radius 2 is 1.76 bits per heavy atom. The standard InChI is InChI=1S/C16H16Cl2N2O4S/c1-10(16(21)19-15-9-11(17)3-8-14(15)18)20-25(22,23)13-6-4-12(24-2)5-7-13/h3-10,20H,1-2H3,(H,19,21). The minimum Gasteiger partial charge on any atom is -0.497 e. The number of anilines is 1. The van der Waals surface area contributed by atoms with Gasteiger partial charge < -0.3 is 10.1 Å². The van der Waals surface area contributed by atoms with E-state index in [2.05, 4.69) is 10.0 Å². The highest BCUT2D eigenvalue weighted by atomic mass is 35.5. The Labute approximate surface area is 156 Å². The van der Waals surface area contributed by atoms with Gasteiger partial charge in [0.25, 0.3) is 0 Å². The van der Waals surface area contributed by atoms with E-state index in [1.165, 1.54) is 50.4 Å². The fourth-order valence-corrected chi connectivity index (χ4v) is 3.48. The quantitative estimate of drug-likeness (QED) is 0.775. The van der Waals surface area contributed by atoms with Gasteiger partial charge in [0.1, 0.15) is 5.75 Å². The number of hydrogen-bond donors (Lipinski definition) is 2. The van der Waals surface area contributed by atoms with Crippen molar-refractivity contribution in [1.29, 1.82) is 0 Å². The summed E-state index contributed by atoms with van der Waals surface area (Å²) in [5.41, 5.74) is 0.301. The molecule has 0 radical (unpaired) electrons. The maximum absolute atomic E-state index is 12.3. The third kappa shape index (κ3) is 5.09. The highest BCUT2D eigenvalue weighted by Crippen LogP contribution is 2.25. The molecular weight excluding hydrogens is 387 g/mol. The average molecular weight is 403 g/mol. The van der Waals surface area contributed by atoms with Crippen LogP contribution >= 0.6 is 23.2 Å². The van der Waals surface area contributed by atoms with Crippen LogP contribution in [0.15, 0.2) is 47.4 Å². The SMILES string of the molecule is COc1ccc(S(=O)(=O)NC(C)C(=O)Nc2cc(Cl)ccc2Cl)cc1. The molecule has 0 aliphatic rings. The molecule has 0 saturated carbocycles. The molecule has 0 heterocycles. The second-order valence-electron chi connectivity index (χ2n) is 5.13. The molecule has 25 heavy (non-hydrogen) atoms. The average Bonchev–Trinajstić information content (AvgIpc) is 2.57. The molecule has 1 amide bonds. The van der Waals surface area contributed by atoms with E-state index in [1.54, 1.807) is 6.07 Å². The molecule has 2 rings (SSSR count). The molecule has 0 aliphatic carbocycles. The fourth-order valence-electron chi connectivity index (χ4n) is 1.94. The Balaban J connectivity index is 2.10. The van der Waals surface area contributed by atoms with Gasteiger partial charge in [-0.2, -0.15) is 4.72 Å². The number of ether oxygens (including phenoxy) is 1. The third-order valence-corrected chi connectivity index (χ3v) is 5.40. The maximum atomic E-state index is 12.3. The molecule has 0 aliphatic heterocycles. The minimum absolute atomic E-state index is 0.0220. The van der Waals surface area contributed by atoms with Gasteiger partial charge in [-0.1, -0.05) is 23.2 Å². The van der Waals surface area contributed by atoms with E-state index in [0.29, 0.717) is 21.5 Å². The Hall–Kier alpha value is -1.80. The van der Waals surface area contributed by atoms with Crippen molar-refractivity contribution in [1.82, 2.24) is 4.72 Å². The second kappa shape index (κ2) is 8.05. The van der Waals surface area contributed by atoms with Gasteiger partial charge in [-0.05, 0) is 49.4 Å². The number of benzene rings is 2. The summed E-state index contributed by atoms with van der Waals surface area (Å²) < 4.78 is 32.0. The van der Waals surface area contributed by atoms with E-state index >= 15 is 0 Å². The van der Waals surface area contributed by atoms with Crippen LogP contribution in [0.2, 0.25) is 10.0 Å². The van der Waals surface area contributed by atoms with Gasteiger partial charge in [0.15, 0.2) is 0 Å². The lowest BCUT2D eigenvalue weighted by molar-refractivity contribution is -0.117. The molecule has 0 fully saturated rings. The van der Waals surface area contributed by atoms with Crippen LogP contribution in [0.3, 0.4) is 0 Å². The number of methoxy groups -OCH3 is 1. The lowest BCUT2D eigenvalue weighted by Gasteiger charge is -2.15. The van der Waals surface area contributed by atoms with Crippen LogP contribution in [0.1, 0.15) is 6.92 Å². The number of nitrogens with one attached hydrogen (secondary N) is 2. The molecule has 1 atom stereocenters. The van der Waals surface area contributed by atoms with Crippen LogP contribution in [0, 0.1) is 0 Å². The predicted octanol–water partition coefficient (Wildman–Crippen LogP) is 3.31. The molecule has 1 unspecified atom stereocenters. The Kier molecular flexibility index (Phi) is 6.29. The van der Waals surface area contributed by atoms with Crippen molar-refractivity contribution >= 4 is 44.8 Å². The predicted molar refractivity (Wildman–Crippen MR) is 97.9 cm³/mol. The molecule has 0 aromatic heterocycles.